The van der Waals surface area contributed by atoms with Gasteiger partial charge in [0.25, 0.3) is 0 Å². The molecule has 3 aliphatic heterocycles. The summed E-state index contributed by atoms with van der Waals surface area (Å²) in [7, 11) is 0. The number of carbonyl (C=O) groups is 2. The molecule has 8 nitrogen and oxygen atoms in total. The maximum absolute atomic E-state index is 14.9. The molecule has 2 atom stereocenters. The highest BCUT2D eigenvalue weighted by atomic mass is 32.2. The Labute approximate surface area is 182 Å². The van der Waals surface area contributed by atoms with Crippen LogP contribution in [0.2, 0.25) is 0 Å². The van der Waals surface area contributed by atoms with Crippen LogP contribution in [0.25, 0.3) is 0 Å². The van der Waals surface area contributed by atoms with E-state index in [0.717, 1.165) is 24.6 Å². The lowest BCUT2D eigenvalue weighted by Crippen LogP contribution is -2.44. The highest BCUT2D eigenvalue weighted by Gasteiger charge is 2.47. The summed E-state index contributed by atoms with van der Waals surface area (Å²) in [5, 5.41) is 0. The number of Topliss-reactive ketones (excluding diaryl/α,β-unsaturated/α-hetero) is 1. The summed E-state index contributed by atoms with van der Waals surface area (Å²) in [4.78, 5) is 36.3. The van der Waals surface area contributed by atoms with Crippen LogP contribution in [-0.2, 0) is 4.74 Å². The van der Waals surface area contributed by atoms with Gasteiger partial charge < -0.3 is 14.4 Å². The molecule has 0 spiro atoms. The SMILES string of the molecule is O=C(CC[C@@H]1OC(=O)N2c3cc(F)c(N4CCSCC4)cc3OC[C@@H]12)c1cnccn1. The van der Waals surface area contributed by atoms with Gasteiger partial charge in [-0.1, -0.05) is 0 Å². The van der Waals surface area contributed by atoms with Crippen molar-refractivity contribution in [3.8, 4) is 5.75 Å². The average molecular weight is 444 g/mol. The quantitative estimate of drug-likeness (QED) is 0.651. The fourth-order valence-corrected chi connectivity index (χ4v) is 5.08. The summed E-state index contributed by atoms with van der Waals surface area (Å²) in [5.74, 6) is 1.82. The Kier molecular flexibility index (Phi) is 5.39. The zero-order valence-electron chi connectivity index (χ0n) is 16.7. The van der Waals surface area contributed by atoms with E-state index in [1.54, 1.807) is 6.07 Å². The number of nitrogens with zero attached hydrogens (tertiary/aromatic N) is 4. The Morgan fingerprint density at radius 3 is 2.84 bits per heavy atom. The topological polar surface area (TPSA) is 84.9 Å². The van der Waals surface area contributed by atoms with Crippen molar-refractivity contribution in [2.45, 2.75) is 25.0 Å². The highest BCUT2D eigenvalue weighted by Crippen LogP contribution is 2.43. The number of ether oxygens (including phenoxy) is 2. The fraction of sp³-hybridized carbons (Fsp3) is 0.429. The summed E-state index contributed by atoms with van der Waals surface area (Å²) in [6.45, 7) is 1.77. The number of thioether (sulfide) groups is 1. The molecule has 31 heavy (non-hydrogen) atoms. The number of carbonyl (C=O) groups excluding carboxylic acids is 2. The summed E-state index contributed by atoms with van der Waals surface area (Å²) < 4.78 is 26.4. The van der Waals surface area contributed by atoms with Gasteiger partial charge in [-0.05, 0) is 6.42 Å². The van der Waals surface area contributed by atoms with E-state index in [1.165, 1.54) is 29.6 Å². The van der Waals surface area contributed by atoms with E-state index in [9.17, 15) is 14.0 Å². The number of anilines is 2. The maximum Gasteiger partial charge on any atom is 0.415 e. The molecule has 2 fully saturated rings. The molecule has 1 aromatic carbocycles. The van der Waals surface area contributed by atoms with Crippen LogP contribution in [0.3, 0.4) is 0 Å². The lowest BCUT2D eigenvalue weighted by atomic mass is 10.0. The predicted molar refractivity (Wildman–Crippen MR) is 114 cm³/mol. The first-order valence-corrected chi connectivity index (χ1v) is 11.4. The zero-order chi connectivity index (χ0) is 21.4. The normalized spacial score (nSPS) is 22.4. The number of fused-ring (bicyclic) bond motifs is 3. The van der Waals surface area contributed by atoms with Gasteiger partial charge in [0, 0.05) is 55.5 Å². The van der Waals surface area contributed by atoms with E-state index in [1.807, 2.05) is 16.7 Å². The second kappa shape index (κ2) is 8.33. The molecular formula is C21H21FN4O4S. The van der Waals surface area contributed by atoms with Crippen LogP contribution in [0.15, 0.2) is 30.7 Å². The maximum atomic E-state index is 14.9. The minimum Gasteiger partial charge on any atom is -0.489 e. The van der Waals surface area contributed by atoms with Crippen LogP contribution >= 0.6 is 11.8 Å². The Morgan fingerprint density at radius 2 is 2.06 bits per heavy atom. The van der Waals surface area contributed by atoms with E-state index in [4.69, 9.17) is 9.47 Å². The molecule has 0 saturated carbocycles. The van der Waals surface area contributed by atoms with E-state index < -0.39 is 18.2 Å². The van der Waals surface area contributed by atoms with Gasteiger partial charge in [-0.3, -0.25) is 14.7 Å². The van der Waals surface area contributed by atoms with Gasteiger partial charge in [-0.15, -0.1) is 0 Å². The Morgan fingerprint density at radius 1 is 1.23 bits per heavy atom. The molecule has 2 saturated heterocycles. The number of benzene rings is 1. The lowest BCUT2D eigenvalue weighted by molar-refractivity contribution is 0.0897. The number of aromatic nitrogens is 2. The third-order valence-corrected chi connectivity index (χ3v) is 6.71. The molecule has 4 heterocycles. The van der Waals surface area contributed by atoms with Gasteiger partial charge in [0.1, 0.15) is 36.0 Å². The van der Waals surface area contributed by atoms with Crippen molar-refractivity contribution in [1.82, 2.24) is 9.97 Å². The first-order valence-electron chi connectivity index (χ1n) is 10.2. The van der Waals surface area contributed by atoms with Gasteiger partial charge in [0.2, 0.25) is 0 Å². The zero-order valence-corrected chi connectivity index (χ0v) is 17.5. The van der Waals surface area contributed by atoms with Crippen LogP contribution in [-0.4, -0.2) is 65.2 Å². The monoisotopic (exact) mass is 444 g/mol. The van der Waals surface area contributed by atoms with Crippen molar-refractivity contribution < 1.29 is 23.5 Å². The van der Waals surface area contributed by atoms with Crippen LogP contribution in [0, 0.1) is 5.82 Å². The predicted octanol–water partition coefficient (Wildman–Crippen LogP) is 2.92. The molecule has 0 bridgehead atoms. The Hall–Kier alpha value is -2.88. The Bertz CT molecular complexity index is 1000. The van der Waals surface area contributed by atoms with Crippen LogP contribution in [0.5, 0.6) is 5.75 Å². The molecular weight excluding hydrogens is 423 g/mol. The van der Waals surface area contributed by atoms with Crippen molar-refractivity contribution in [2.24, 2.45) is 0 Å². The number of cyclic esters (lactones) is 1. The first-order chi connectivity index (χ1) is 15.1. The second-order valence-corrected chi connectivity index (χ2v) is 8.82. The van der Waals surface area contributed by atoms with Crippen molar-refractivity contribution in [1.29, 1.82) is 0 Å². The summed E-state index contributed by atoms with van der Waals surface area (Å²) >= 11 is 1.85. The van der Waals surface area contributed by atoms with Crippen LogP contribution in [0.1, 0.15) is 23.3 Å². The minimum absolute atomic E-state index is 0.161. The molecule has 5 rings (SSSR count). The lowest BCUT2D eigenvalue weighted by Gasteiger charge is -2.34. The number of halogens is 1. The summed E-state index contributed by atoms with van der Waals surface area (Å²) in [5.41, 5.74) is 1.15. The van der Waals surface area contributed by atoms with E-state index in [-0.39, 0.29) is 30.3 Å². The second-order valence-electron chi connectivity index (χ2n) is 7.59. The van der Waals surface area contributed by atoms with Gasteiger partial charge in [0.15, 0.2) is 5.78 Å². The number of amides is 1. The average Bonchev–Trinajstić information content (AvgIpc) is 3.14. The molecule has 2 aromatic rings. The van der Waals surface area contributed by atoms with E-state index in [0.29, 0.717) is 23.5 Å². The summed E-state index contributed by atoms with van der Waals surface area (Å²) in [6.07, 6.45) is 3.79. The third kappa shape index (κ3) is 3.80. The molecule has 1 amide bonds. The minimum atomic E-state index is -0.548. The van der Waals surface area contributed by atoms with Crippen molar-refractivity contribution in [3.05, 3.63) is 42.2 Å². The molecule has 0 unspecified atom stereocenters. The molecule has 3 aliphatic rings. The van der Waals surface area contributed by atoms with Crippen molar-refractivity contribution in [2.75, 3.05) is 41.0 Å². The van der Waals surface area contributed by atoms with E-state index >= 15 is 0 Å². The number of hydrogen-bond acceptors (Lipinski definition) is 8. The van der Waals surface area contributed by atoms with Gasteiger partial charge in [-0.25, -0.2) is 14.2 Å². The number of rotatable bonds is 5. The molecule has 0 radical (unpaired) electrons. The van der Waals surface area contributed by atoms with Crippen molar-refractivity contribution >= 4 is 35.0 Å². The van der Waals surface area contributed by atoms with Crippen molar-refractivity contribution in [3.63, 3.8) is 0 Å². The number of hydrogen-bond donors (Lipinski definition) is 0. The molecule has 10 heteroatoms. The molecule has 162 valence electrons. The summed E-state index contributed by atoms with van der Waals surface area (Å²) in [6, 6.07) is 2.62. The van der Waals surface area contributed by atoms with Crippen LogP contribution in [0.4, 0.5) is 20.6 Å². The Balaban J connectivity index is 1.32. The van der Waals surface area contributed by atoms with Gasteiger partial charge in [0.05, 0.1) is 17.6 Å². The van der Waals surface area contributed by atoms with E-state index in [2.05, 4.69) is 9.97 Å². The smallest absolute Gasteiger partial charge is 0.415 e. The molecule has 0 N–H and O–H groups in total. The third-order valence-electron chi connectivity index (χ3n) is 5.76. The standard InChI is InChI=1S/C21H21FN4O4S/c22-13-9-16-20(10-15(13)25-5-7-31-8-6-25)29-12-17-19(30-21(28)26(16)17)2-1-18(27)14-11-23-3-4-24-14/h3-4,9-11,17,19H,1-2,5-8,12H2/t17-,19-/m0/s1. The van der Waals surface area contributed by atoms with Gasteiger partial charge in [-0.2, -0.15) is 11.8 Å². The highest BCUT2D eigenvalue weighted by molar-refractivity contribution is 7.99. The molecule has 0 aliphatic carbocycles. The molecule has 1 aromatic heterocycles. The number of ketones is 1. The first kappa shape index (κ1) is 20.0. The fourth-order valence-electron chi connectivity index (χ4n) is 4.18. The largest absolute Gasteiger partial charge is 0.489 e. The van der Waals surface area contributed by atoms with Crippen LogP contribution < -0.4 is 14.5 Å². The van der Waals surface area contributed by atoms with Gasteiger partial charge >= 0.3 is 6.09 Å².